The Kier molecular flexibility index (Phi) is 4.44. The highest BCUT2D eigenvalue weighted by Crippen LogP contribution is 2.40. The first-order valence-electron chi connectivity index (χ1n) is 6.31. The number of rotatable bonds is 3. The fraction of sp³-hybridized carbons (Fsp3) is 0.200. The molecule has 124 valence electrons. The van der Waals surface area contributed by atoms with E-state index in [2.05, 4.69) is 5.32 Å². The monoisotopic (exact) mass is 335 g/mol. The highest BCUT2D eigenvalue weighted by atomic mass is 19.4. The molecule has 23 heavy (non-hydrogen) atoms. The van der Waals surface area contributed by atoms with Gasteiger partial charge in [-0.25, -0.2) is 0 Å². The van der Waals surface area contributed by atoms with E-state index in [0.29, 0.717) is 23.9 Å². The second-order valence-corrected chi connectivity index (χ2v) is 4.61. The maximum atomic E-state index is 13.0. The third-order valence-electron chi connectivity index (χ3n) is 3.02. The van der Waals surface area contributed by atoms with E-state index in [1.54, 1.807) is 0 Å². The molecule has 2 aromatic carbocycles. The second-order valence-electron chi connectivity index (χ2n) is 4.61. The smallest absolute Gasteiger partial charge is 0.418 e. The van der Waals surface area contributed by atoms with Gasteiger partial charge in [-0.15, -0.1) is 0 Å². The molecule has 0 aliphatic rings. The van der Waals surface area contributed by atoms with E-state index in [1.807, 2.05) is 0 Å². The molecule has 0 unspecified atom stereocenters. The van der Waals surface area contributed by atoms with Gasteiger partial charge >= 0.3 is 12.4 Å². The van der Waals surface area contributed by atoms with Gasteiger partial charge in [0.05, 0.1) is 23.9 Å². The molecular weight excluding hydrogens is 324 g/mol. The summed E-state index contributed by atoms with van der Waals surface area (Å²) in [5.41, 5.74) is -2.81. The van der Waals surface area contributed by atoms with Crippen LogP contribution in [0.4, 0.5) is 37.7 Å². The molecule has 2 nitrogen and oxygen atoms in total. The van der Waals surface area contributed by atoms with Crippen LogP contribution in [0.15, 0.2) is 42.5 Å². The predicted octanol–water partition coefficient (Wildman–Crippen LogP) is 5.48. The molecule has 0 aliphatic heterocycles. The van der Waals surface area contributed by atoms with Crippen molar-refractivity contribution in [2.75, 3.05) is 12.4 Å². The Morgan fingerprint density at radius 1 is 0.826 bits per heavy atom. The number of halogens is 6. The largest absolute Gasteiger partial charge is 0.497 e. The molecule has 0 amide bonds. The van der Waals surface area contributed by atoms with Gasteiger partial charge in [0.2, 0.25) is 0 Å². The molecule has 1 N–H and O–H groups in total. The lowest BCUT2D eigenvalue weighted by Gasteiger charge is -2.17. The zero-order valence-electron chi connectivity index (χ0n) is 11.7. The molecule has 0 bridgehead atoms. The van der Waals surface area contributed by atoms with Crippen LogP contribution in [0.2, 0.25) is 0 Å². The van der Waals surface area contributed by atoms with Crippen molar-refractivity contribution < 1.29 is 31.1 Å². The van der Waals surface area contributed by atoms with Crippen LogP contribution < -0.4 is 10.1 Å². The third kappa shape index (κ3) is 4.08. The van der Waals surface area contributed by atoms with Gasteiger partial charge in [-0.05, 0) is 42.5 Å². The first-order valence-corrected chi connectivity index (χ1v) is 6.31. The molecule has 0 saturated heterocycles. The van der Waals surface area contributed by atoms with Gasteiger partial charge in [0.1, 0.15) is 5.75 Å². The predicted molar refractivity (Wildman–Crippen MR) is 72.7 cm³/mol. The molecule has 0 aromatic heterocycles. The van der Waals surface area contributed by atoms with Gasteiger partial charge in [0.25, 0.3) is 0 Å². The van der Waals surface area contributed by atoms with E-state index in [-0.39, 0.29) is 5.69 Å². The van der Waals surface area contributed by atoms with Gasteiger partial charge in [-0.1, -0.05) is 0 Å². The molecule has 0 saturated carbocycles. The second kappa shape index (κ2) is 6.02. The maximum absolute atomic E-state index is 13.0. The Hall–Kier alpha value is -2.38. The average Bonchev–Trinajstić information content (AvgIpc) is 2.46. The van der Waals surface area contributed by atoms with Gasteiger partial charge in [0, 0.05) is 5.69 Å². The Morgan fingerprint density at radius 3 is 1.91 bits per heavy atom. The first kappa shape index (κ1) is 17.0. The van der Waals surface area contributed by atoms with E-state index in [1.165, 1.54) is 31.4 Å². The lowest BCUT2D eigenvalue weighted by molar-refractivity contribution is -0.140. The van der Waals surface area contributed by atoms with Gasteiger partial charge < -0.3 is 10.1 Å². The van der Waals surface area contributed by atoms with E-state index in [4.69, 9.17) is 4.74 Å². The van der Waals surface area contributed by atoms with Gasteiger partial charge in [0.15, 0.2) is 0 Å². The fourth-order valence-electron chi connectivity index (χ4n) is 1.90. The summed E-state index contributed by atoms with van der Waals surface area (Å²) in [6.07, 6.45) is -9.51. The lowest BCUT2D eigenvalue weighted by atomic mass is 10.1. The van der Waals surface area contributed by atoms with Crippen LogP contribution in [0.3, 0.4) is 0 Å². The molecule has 0 atom stereocenters. The molecule has 0 fully saturated rings. The molecule has 0 aliphatic carbocycles. The van der Waals surface area contributed by atoms with Crippen LogP contribution in [0.1, 0.15) is 11.1 Å². The van der Waals surface area contributed by atoms with Crippen molar-refractivity contribution in [3.63, 3.8) is 0 Å². The summed E-state index contributed by atoms with van der Waals surface area (Å²) < 4.78 is 81.9. The molecule has 0 heterocycles. The fourth-order valence-corrected chi connectivity index (χ4v) is 1.90. The summed E-state index contributed by atoms with van der Waals surface area (Å²) in [6.45, 7) is 0. The summed E-state index contributed by atoms with van der Waals surface area (Å²) in [7, 11) is 1.41. The van der Waals surface area contributed by atoms with Crippen LogP contribution in [0.25, 0.3) is 0 Å². The van der Waals surface area contributed by atoms with Gasteiger partial charge in [-0.2, -0.15) is 26.3 Å². The van der Waals surface area contributed by atoms with E-state index >= 15 is 0 Å². The van der Waals surface area contributed by atoms with E-state index in [9.17, 15) is 26.3 Å². The van der Waals surface area contributed by atoms with E-state index in [0.717, 1.165) is 0 Å². The van der Waals surface area contributed by atoms with Crippen molar-refractivity contribution in [3.05, 3.63) is 53.6 Å². The van der Waals surface area contributed by atoms with Crippen molar-refractivity contribution >= 4 is 11.4 Å². The summed E-state index contributed by atoms with van der Waals surface area (Å²) in [6, 6.07) is 7.01. The summed E-state index contributed by atoms with van der Waals surface area (Å²) in [4.78, 5) is 0. The number of anilines is 2. The van der Waals surface area contributed by atoms with Gasteiger partial charge in [-0.3, -0.25) is 0 Å². The summed E-state index contributed by atoms with van der Waals surface area (Å²) in [5.74, 6) is 0.468. The number of methoxy groups -OCH3 is 1. The summed E-state index contributed by atoms with van der Waals surface area (Å²) in [5, 5.41) is 2.37. The first-order chi connectivity index (χ1) is 10.6. The maximum Gasteiger partial charge on any atom is 0.418 e. The quantitative estimate of drug-likeness (QED) is 0.750. The Morgan fingerprint density at radius 2 is 1.43 bits per heavy atom. The summed E-state index contributed by atoms with van der Waals surface area (Å²) >= 11 is 0. The molecule has 0 spiro atoms. The number of nitrogens with one attached hydrogen (secondary N) is 1. The third-order valence-corrected chi connectivity index (χ3v) is 3.02. The normalized spacial score (nSPS) is 12.1. The van der Waals surface area contributed by atoms with E-state index < -0.39 is 29.2 Å². The minimum Gasteiger partial charge on any atom is -0.497 e. The molecule has 8 heteroatoms. The minimum absolute atomic E-state index is 0.204. The molecule has 2 aromatic rings. The highest BCUT2D eigenvalue weighted by molar-refractivity contribution is 5.65. The van der Waals surface area contributed by atoms with Crippen molar-refractivity contribution in [2.24, 2.45) is 0 Å². The highest BCUT2D eigenvalue weighted by Gasteiger charge is 2.37. The topological polar surface area (TPSA) is 21.3 Å². The van der Waals surface area contributed by atoms with Crippen molar-refractivity contribution in [1.82, 2.24) is 0 Å². The number of hydrogen-bond acceptors (Lipinski definition) is 2. The standard InChI is InChI=1S/C15H11F6NO/c1-23-11-5-3-10(4-6-11)22-13-8-9(14(16,17)18)2-7-12(13)15(19,20)21/h2-8,22H,1H3. The van der Waals surface area contributed by atoms with Crippen LogP contribution in [0.5, 0.6) is 5.75 Å². The molecule has 2 rings (SSSR count). The van der Waals surface area contributed by atoms with Crippen LogP contribution >= 0.6 is 0 Å². The Labute approximate surface area is 127 Å². The van der Waals surface area contributed by atoms with Crippen molar-refractivity contribution in [2.45, 2.75) is 12.4 Å². The Bertz CT molecular complexity index is 676. The van der Waals surface area contributed by atoms with Crippen LogP contribution in [-0.2, 0) is 12.4 Å². The Balaban J connectivity index is 2.44. The average molecular weight is 335 g/mol. The number of ether oxygens (including phenoxy) is 1. The zero-order valence-corrected chi connectivity index (χ0v) is 11.7. The molecular formula is C15H11F6NO. The number of alkyl halides is 6. The van der Waals surface area contributed by atoms with Crippen LogP contribution in [0, 0.1) is 0 Å². The lowest BCUT2D eigenvalue weighted by Crippen LogP contribution is -2.12. The van der Waals surface area contributed by atoms with Crippen molar-refractivity contribution in [1.29, 1.82) is 0 Å². The molecule has 0 radical (unpaired) electrons. The van der Waals surface area contributed by atoms with Crippen molar-refractivity contribution in [3.8, 4) is 5.75 Å². The van der Waals surface area contributed by atoms with Crippen LogP contribution in [-0.4, -0.2) is 7.11 Å². The SMILES string of the molecule is COc1ccc(Nc2cc(C(F)(F)F)ccc2C(F)(F)F)cc1. The zero-order chi connectivity index (χ0) is 17.3. The number of hydrogen-bond donors (Lipinski definition) is 1. The number of benzene rings is 2. The minimum atomic E-state index is -4.78.